The number of benzene rings is 3. The van der Waals surface area contributed by atoms with Crippen LogP contribution in [0, 0.1) is 6.92 Å². The van der Waals surface area contributed by atoms with Crippen molar-refractivity contribution in [2.24, 2.45) is 0 Å². The second-order valence-corrected chi connectivity index (χ2v) is 8.79. The Hall–Kier alpha value is -3.57. The van der Waals surface area contributed by atoms with Gasteiger partial charge in [-0.1, -0.05) is 74.0 Å². The minimum Gasteiger partial charge on any atom is -0.454 e. The Labute approximate surface area is 201 Å². The summed E-state index contributed by atoms with van der Waals surface area (Å²) >= 11 is 0. The van der Waals surface area contributed by atoms with Gasteiger partial charge in [0, 0.05) is 18.9 Å². The zero-order valence-corrected chi connectivity index (χ0v) is 19.9. The SMILES string of the molecule is CCCCN(Cn1ccnc1)C(c1ccccc1)(c1ccc2c(c1)OCO2)c1ccccc1C. The number of hydrogen-bond acceptors (Lipinski definition) is 4. The van der Waals surface area contributed by atoms with Gasteiger partial charge in [0.05, 0.1) is 18.5 Å². The number of imidazole rings is 1. The highest BCUT2D eigenvalue weighted by Gasteiger charge is 2.43. The quantitative estimate of drug-likeness (QED) is 0.293. The number of aryl methyl sites for hydroxylation is 1. The van der Waals surface area contributed by atoms with Gasteiger partial charge in [-0.15, -0.1) is 0 Å². The van der Waals surface area contributed by atoms with E-state index < -0.39 is 5.54 Å². The second-order valence-electron chi connectivity index (χ2n) is 8.79. The monoisotopic (exact) mass is 453 g/mol. The fourth-order valence-corrected chi connectivity index (χ4v) is 5.05. The molecule has 0 radical (unpaired) electrons. The van der Waals surface area contributed by atoms with Crippen LogP contribution in [0.15, 0.2) is 91.5 Å². The Kier molecular flexibility index (Phi) is 6.37. The predicted octanol–water partition coefficient (Wildman–Crippen LogP) is 5.97. The summed E-state index contributed by atoms with van der Waals surface area (Å²) in [5.41, 5.74) is 4.35. The molecule has 174 valence electrons. The molecule has 0 bridgehead atoms. The van der Waals surface area contributed by atoms with E-state index in [0.29, 0.717) is 6.67 Å². The first-order valence-electron chi connectivity index (χ1n) is 12.0. The lowest BCUT2D eigenvalue weighted by molar-refractivity contribution is 0.112. The molecule has 1 aliphatic heterocycles. The van der Waals surface area contributed by atoms with Gasteiger partial charge in [0.25, 0.3) is 0 Å². The van der Waals surface area contributed by atoms with Crippen molar-refractivity contribution < 1.29 is 9.47 Å². The first kappa shape index (κ1) is 22.2. The number of fused-ring (bicyclic) bond motifs is 1. The molecule has 5 nitrogen and oxygen atoms in total. The highest BCUT2D eigenvalue weighted by atomic mass is 16.7. The Bertz CT molecular complexity index is 1220. The largest absolute Gasteiger partial charge is 0.454 e. The van der Waals surface area contributed by atoms with Crippen molar-refractivity contribution in [3.63, 3.8) is 0 Å². The molecule has 34 heavy (non-hydrogen) atoms. The maximum atomic E-state index is 5.85. The number of unbranched alkanes of at least 4 members (excludes halogenated alkanes) is 1. The molecule has 0 saturated carbocycles. The van der Waals surface area contributed by atoms with E-state index in [1.165, 1.54) is 16.7 Å². The molecule has 0 N–H and O–H groups in total. The Morgan fingerprint density at radius 3 is 2.50 bits per heavy atom. The second kappa shape index (κ2) is 9.74. The molecular weight excluding hydrogens is 422 g/mol. The van der Waals surface area contributed by atoms with Crippen LogP contribution in [-0.4, -0.2) is 27.8 Å². The van der Waals surface area contributed by atoms with Gasteiger partial charge >= 0.3 is 0 Å². The van der Waals surface area contributed by atoms with Crippen LogP contribution in [-0.2, 0) is 12.2 Å². The van der Waals surface area contributed by atoms with Gasteiger partial charge < -0.3 is 14.0 Å². The molecule has 4 aromatic rings. The lowest BCUT2D eigenvalue weighted by Crippen LogP contribution is -2.49. The number of aromatic nitrogens is 2. The van der Waals surface area contributed by atoms with Crippen LogP contribution in [0.25, 0.3) is 0 Å². The van der Waals surface area contributed by atoms with Crippen LogP contribution >= 0.6 is 0 Å². The third-order valence-corrected chi connectivity index (χ3v) is 6.67. The Morgan fingerprint density at radius 2 is 1.74 bits per heavy atom. The molecule has 0 fully saturated rings. The van der Waals surface area contributed by atoms with Gasteiger partial charge in [0.15, 0.2) is 11.5 Å². The van der Waals surface area contributed by atoms with E-state index in [-0.39, 0.29) is 6.79 Å². The van der Waals surface area contributed by atoms with E-state index in [0.717, 1.165) is 36.4 Å². The minimum absolute atomic E-state index is 0.260. The fraction of sp³-hybridized carbons (Fsp3) is 0.276. The molecule has 0 spiro atoms. The van der Waals surface area contributed by atoms with E-state index >= 15 is 0 Å². The summed E-state index contributed by atoms with van der Waals surface area (Å²) < 4.78 is 13.7. The standard InChI is InChI=1S/C29H31N3O2/c1-3-4-17-32(21-31-18-16-30-20-31)29(24-11-6-5-7-12-24,26-13-9-8-10-23(26)2)25-14-15-27-28(19-25)34-22-33-27/h5-16,18-20H,3-4,17,21-22H2,1-2H3. The Balaban J connectivity index is 1.82. The van der Waals surface area contributed by atoms with Crippen molar-refractivity contribution in [3.8, 4) is 11.5 Å². The van der Waals surface area contributed by atoms with Gasteiger partial charge in [-0.3, -0.25) is 4.90 Å². The summed E-state index contributed by atoms with van der Waals surface area (Å²) in [6.45, 7) is 6.34. The van der Waals surface area contributed by atoms with Gasteiger partial charge in [-0.2, -0.15) is 0 Å². The highest BCUT2D eigenvalue weighted by molar-refractivity contribution is 5.56. The van der Waals surface area contributed by atoms with Crippen molar-refractivity contribution in [2.45, 2.75) is 38.9 Å². The van der Waals surface area contributed by atoms with Gasteiger partial charge in [-0.05, 0) is 47.7 Å². The molecule has 5 heteroatoms. The number of nitrogens with zero attached hydrogens (tertiary/aromatic N) is 3. The Morgan fingerprint density at radius 1 is 0.941 bits per heavy atom. The average molecular weight is 454 g/mol. The topological polar surface area (TPSA) is 39.5 Å². The van der Waals surface area contributed by atoms with E-state index in [9.17, 15) is 0 Å². The number of hydrogen-bond donors (Lipinski definition) is 0. The smallest absolute Gasteiger partial charge is 0.231 e. The van der Waals surface area contributed by atoms with Gasteiger partial charge in [-0.25, -0.2) is 4.98 Å². The molecule has 0 saturated heterocycles. The molecule has 1 atom stereocenters. The molecule has 5 rings (SSSR count). The highest BCUT2D eigenvalue weighted by Crippen LogP contribution is 2.47. The van der Waals surface area contributed by atoms with E-state index in [2.05, 4.69) is 95.0 Å². The maximum absolute atomic E-state index is 5.85. The van der Waals surface area contributed by atoms with Crippen LogP contribution in [0.4, 0.5) is 0 Å². The summed E-state index contributed by atoms with van der Waals surface area (Å²) in [5, 5.41) is 0. The molecular formula is C29H31N3O2. The fourth-order valence-electron chi connectivity index (χ4n) is 5.05. The molecule has 2 heterocycles. The summed E-state index contributed by atoms with van der Waals surface area (Å²) in [6, 6.07) is 25.9. The molecule has 1 aromatic heterocycles. The maximum Gasteiger partial charge on any atom is 0.231 e. The number of rotatable bonds is 9. The minimum atomic E-state index is -0.535. The van der Waals surface area contributed by atoms with Crippen molar-refractivity contribution in [1.82, 2.24) is 14.5 Å². The summed E-state index contributed by atoms with van der Waals surface area (Å²) in [4.78, 5) is 6.90. The van der Waals surface area contributed by atoms with E-state index in [1.54, 1.807) is 0 Å². The zero-order valence-electron chi connectivity index (χ0n) is 19.9. The third kappa shape index (κ3) is 3.97. The average Bonchev–Trinajstić information content (AvgIpc) is 3.56. The molecule has 0 amide bonds. The number of ether oxygens (including phenoxy) is 2. The van der Waals surface area contributed by atoms with Crippen molar-refractivity contribution in [1.29, 1.82) is 0 Å². The van der Waals surface area contributed by atoms with E-state index in [4.69, 9.17) is 9.47 Å². The van der Waals surface area contributed by atoms with Crippen LogP contribution in [0.5, 0.6) is 11.5 Å². The zero-order chi connectivity index (χ0) is 23.4. The molecule has 1 aliphatic rings. The lowest BCUT2D eigenvalue weighted by Gasteiger charge is -2.46. The van der Waals surface area contributed by atoms with Gasteiger partial charge in [0.1, 0.15) is 0 Å². The molecule has 3 aromatic carbocycles. The van der Waals surface area contributed by atoms with Crippen LogP contribution in [0.3, 0.4) is 0 Å². The summed E-state index contributed by atoms with van der Waals surface area (Å²) in [5.74, 6) is 1.59. The van der Waals surface area contributed by atoms with E-state index in [1.807, 2.05) is 24.8 Å². The lowest BCUT2D eigenvalue weighted by atomic mass is 9.74. The third-order valence-electron chi connectivity index (χ3n) is 6.67. The van der Waals surface area contributed by atoms with Crippen molar-refractivity contribution in [3.05, 3.63) is 114 Å². The van der Waals surface area contributed by atoms with Crippen LogP contribution in [0.2, 0.25) is 0 Å². The first-order chi connectivity index (χ1) is 16.7. The summed E-state index contributed by atoms with van der Waals surface area (Å²) in [6.07, 6.45) is 7.97. The first-order valence-corrected chi connectivity index (χ1v) is 12.0. The van der Waals surface area contributed by atoms with Crippen LogP contribution in [0.1, 0.15) is 42.0 Å². The van der Waals surface area contributed by atoms with Crippen molar-refractivity contribution in [2.75, 3.05) is 13.3 Å². The van der Waals surface area contributed by atoms with Crippen LogP contribution < -0.4 is 9.47 Å². The molecule has 0 aliphatic carbocycles. The van der Waals surface area contributed by atoms with Crippen molar-refractivity contribution >= 4 is 0 Å². The molecule has 1 unspecified atom stereocenters. The van der Waals surface area contributed by atoms with Gasteiger partial charge in [0.2, 0.25) is 6.79 Å². The normalized spacial score (nSPS) is 14.3. The predicted molar refractivity (Wildman–Crippen MR) is 134 cm³/mol. The summed E-state index contributed by atoms with van der Waals surface area (Å²) in [7, 11) is 0.